The molecule has 29 heavy (non-hydrogen) atoms. The predicted molar refractivity (Wildman–Crippen MR) is 116 cm³/mol. The van der Waals surface area contributed by atoms with Crippen molar-refractivity contribution in [3.63, 3.8) is 0 Å². The third-order valence-corrected chi connectivity index (χ3v) is 4.94. The molecule has 0 bridgehead atoms. The van der Waals surface area contributed by atoms with E-state index in [9.17, 15) is 4.79 Å². The summed E-state index contributed by atoms with van der Waals surface area (Å²) in [5.41, 5.74) is 3.97. The number of benzene rings is 2. The van der Waals surface area contributed by atoms with Crippen molar-refractivity contribution in [1.29, 1.82) is 0 Å². The molecule has 1 amide bonds. The lowest BCUT2D eigenvalue weighted by Gasteiger charge is -2.09. The first kappa shape index (κ1) is 18.6. The number of rotatable bonds is 6. The number of anilines is 3. The number of carbonyl (C=O) groups excluding carboxylic acids is 1. The van der Waals surface area contributed by atoms with Crippen LogP contribution < -0.4 is 15.4 Å². The maximum absolute atomic E-state index is 12.5. The van der Waals surface area contributed by atoms with Gasteiger partial charge >= 0.3 is 0 Å². The van der Waals surface area contributed by atoms with Crippen LogP contribution in [0.15, 0.2) is 78.4 Å². The number of carbonyl (C=O) groups is 1. The fourth-order valence-electron chi connectivity index (χ4n) is 2.75. The molecule has 0 saturated carbocycles. The number of methoxy groups -OCH3 is 1. The van der Waals surface area contributed by atoms with E-state index < -0.39 is 0 Å². The van der Waals surface area contributed by atoms with Crippen molar-refractivity contribution in [2.24, 2.45) is 0 Å². The zero-order valence-corrected chi connectivity index (χ0v) is 16.4. The SMILES string of the molecule is COc1cccc(C(=O)Nc2cccc(Nc3nc(-c4ccncc4)cs3)c2)c1. The van der Waals surface area contributed by atoms with E-state index in [0.717, 1.165) is 22.1 Å². The molecule has 4 rings (SSSR count). The molecule has 2 aromatic heterocycles. The highest BCUT2D eigenvalue weighted by Gasteiger charge is 2.09. The minimum absolute atomic E-state index is 0.199. The fraction of sp³-hybridized carbons (Fsp3) is 0.0455. The molecule has 0 unspecified atom stereocenters. The van der Waals surface area contributed by atoms with Crippen molar-refractivity contribution in [2.75, 3.05) is 17.7 Å². The number of hydrogen-bond donors (Lipinski definition) is 2. The summed E-state index contributed by atoms with van der Waals surface area (Å²) in [6.07, 6.45) is 3.49. The molecule has 0 fully saturated rings. The first-order valence-electron chi connectivity index (χ1n) is 8.90. The van der Waals surface area contributed by atoms with Gasteiger partial charge in [-0.25, -0.2) is 4.98 Å². The molecule has 6 nitrogen and oxygen atoms in total. The Labute approximate surface area is 172 Å². The molecule has 0 saturated heterocycles. The minimum atomic E-state index is -0.199. The summed E-state index contributed by atoms with van der Waals surface area (Å²) in [5, 5.41) is 8.96. The Kier molecular flexibility index (Phi) is 5.49. The summed E-state index contributed by atoms with van der Waals surface area (Å²) < 4.78 is 5.18. The summed E-state index contributed by atoms with van der Waals surface area (Å²) in [7, 11) is 1.57. The Bertz CT molecular complexity index is 1130. The van der Waals surface area contributed by atoms with E-state index in [1.807, 2.05) is 41.8 Å². The molecular formula is C22H18N4O2S. The van der Waals surface area contributed by atoms with Crippen molar-refractivity contribution >= 4 is 33.8 Å². The minimum Gasteiger partial charge on any atom is -0.497 e. The Morgan fingerprint density at radius 2 is 1.79 bits per heavy atom. The highest BCUT2D eigenvalue weighted by molar-refractivity contribution is 7.14. The van der Waals surface area contributed by atoms with Crippen LogP contribution in [0.3, 0.4) is 0 Å². The first-order valence-corrected chi connectivity index (χ1v) is 9.78. The van der Waals surface area contributed by atoms with Gasteiger partial charge in [0.1, 0.15) is 5.75 Å². The molecule has 7 heteroatoms. The Morgan fingerprint density at radius 1 is 1.00 bits per heavy atom. The van der Waals surface area contributed by atoms with Crippen molar-refractivity contribution in [1.82, 2.24) is 9.97 Å². The molecular weight excluding hydrogens is 384 g/mol. The number of pyridine rings is 1. The molecule has 0 spiro atoms. The van der Waals surface area contributed by atoms with Crippen molar-refractivity contribution in [2.45, 2.75) is 0 Å². The van der Waals surface area contributed by atoms with Crippen LogP contribution >= 0.6 is 11.3 Å². The molecule has 0 radical (unpaired) electrons. The van der Waals surface area contributed by atoms with Crippen molar-refractivity contribution in [3.05, 3.63) is 84.0 Å². The van der Waals surface area contributed by atoms with Crippen molar-refractivity contribution < 1.29 is 9.53 Å². The largest absolute Gasteiger partial charge is 0.497 e. The van der Waals surface area contributed by atoms with E-state index in [1.54, 1.807) is 43.8 Å². The number of hydrogen-bond acceptors (Lipinski definition) is 6. The molecule has 0 aliphatic heterocycles. The van der Waals surface area contributed by atoms with Crippen LogP contribution in [0.25, 0.3) is 11.3 Å². The van der Waals surface area contributed by atoms with Crippen LogP contribution in [-0.2, 0) is 0 Å². The number of thiazole rings is 1. The molecule has 144 valence electrons. The number of nitrogens with zero attached hydrogens (tertiary/aromatic N) is 2. The van der Waals surface area contributed by atoms with Gasteiger partial charge in [-0.1, -0.05) is 12.1 Å². The van der Waals surface area contributed by atoms with E-state index in [0.29, 0.717) is 17.0 Å². The van der Waals surface area contributed by atoms with E-state index in [2.05, 4.69) is 20.6 Å². The monoisotopic (exact) mass is 402 g/mol. The topological polar surface area (TPSA) is 76.1 Å². The molecule has 2 aromatic carbocycles. The Morgan fingerprint density at radius 3 is 2.62 bits per heavy atom. The van der Waals surface area contributed by atoms with E-state index in [1.165, 1.54) is 11.3 Å². The van der Waals surface area contributed by atoms with Crippen LogP contribution in [0.1, 0.15) is 10.4 Å². The van der Waals surface area contributed by atoms with Gasteiger partial charge in [-0.05, 0) is 48.5 Å². The summed E-state index contributed by atoms with van der Waals surface area (Å²) >= 11 is 1.52. The zero-order chi connectivity index (χ0) is 20.1. The lowest BCUT2D eigenvalue weighted by Crippen LogP contribution is -2.12. The van der Waals surface area contributed by atoms with E-state index in [4.69, 9.17) is 4.74 Å². The van der Waals surface area contributed by atoms with Gasteiger partial charge in [0.15, 0.2) is 5.13 Å². The fourth-order valence-corrected chi connectivity index (χ4v) is 3.49. The van der Waals surface area contributed by atoms with Crippen molar-refractivity contribution in [3.8, 4) is 17.0 Å². The highest BCUT2D eigenvalue weighted by atomic mass is 32.1. The first-order chi connectivity index (χ1) is 14.2. The Hall–Kier alpha value is -3.71. The second-order valence-corrected chi connectivity index (χ2v) is 7.02. The van der Waals surface area contributed by atoms with E-state index in [-0.39, 0.29) is 5.91 Å². The molecule has 0 aliphatic rings. The lowest BCUT2D eigenvalue weighted by atomic mass is 10.2. The van der Waals surface area contributed by atoms with Crippen LogP contribution in [0.4, 0.5) is 16.5 Å². The molecule has 0 atom stereocenters. The third kappa shape index (κ3) is 4.59. The number of aromatic nitrogens is 2. The molecule has 0 aliphatic carbocycles. The van der Waals surface area contributed by atoms with Gasteiger partial charge in [0, 0.05) is 40.3 Å². The predicted octanol–water partition coefficient (Wildman–Crippen LogP) is 5.21. The van der Waals surface area contributed by atoms with Crippen LogP contribution in [0, 0.1) is 0 Å². The average molecular weight is 402 g/mol. The van der Waals surface area contributed by atoms with Gasteiger partial charge < -0.3 is 15.4 Å². The lowest BCUT2D eigenvalue weighted by molar-refractivity contribution is 0.102. The van der Waals surface area contributed by atoms with Gasteiger partial charge in [0.05, 0.1) is 12.8 Å². The number of amides is 1. The van der Waals surface area contributed by atoms with Gasteiger partial charge in [-0.15, -0.1) is 11.3 Å². The molecule has 2 heterocycles. The average Bonchev–Trinajstić information content (AvgIpc) is 3.23. The molecule has 2 N–H and O–H groups in total. The summed E-state index contributed by atoms with van der Waals surface area (Å²) in [4.78, 5) is 21.1. The summed E-state index contributed by atoms with van der Waals surface area (Å²) in [5.74, 6) is 0.442. The van der Waals surface area contributed by atoms with Gasteiger partial charge in [0.25, 0.3) is 5.91 Å². The number of ether oxygens (including phenoxy) is 1. The third-order valence-electron chi connectivity index (χ3n) is 4.18. The van der Waals surface area contributed by atoms with Crippen LogP contribution in [-0.4, -0.2) is 23.0 Å². The standard InChI is InChI=1S/C22H18N4O2S/c1-28-19-7-2-4-16(12-19)21(27)24-17-5-3-6-18(13-17)25-22-26-20(14-29-22)15-8-10-23-11-9-15/h2-14H,1H3,(H,24,27)(H,25,26). The smallest absolute Gasteiger partial charge is 0.255 e. The van der Waals surface area contributed by atoms with E-state index >= 15 is 0 Å². The van der Waals surface area contributed by atoms with Crippen LogP contribution in [0.2, 0.25) is 0 Å². The second kappa shape index (κ2) is 8.53. The summed E-state index contributed by atoms with van der Waals surface area (Å²) in [6.45, 7) is 0. The second-order valence-electron chi connectivity index (χ2n) is 6.17. The van der Waals surface area contributed by atoms with Crippen LogP contribution in [0.5, 0.6) is 5.75 Å². The molecule has 4 aromatic rings. The summed E-state index contributed by atoms with van der Waals surface area (Å²) in [6, 6.07) is 18.4. The zero-order valence-electron chi connectivity index (χ0n) is 15.6. The number of nitrogens with one attached hydrogen (secondary N) is 2. The maximum Gasteiger partial charge on any atom is 0.255 e. The van der Waals surface area contributed by atoms with Gasteiger partial charge in [-0.3, -0.25) is 9.78 Å². The maximum atomic E-state index is 12.5. The van der Waals surface area contributed by atoms with Gasteiger partial charge in [0.2, 0.25) is 0 Å². The van der Waals surface area contributed by atoms with Gasteiger partial charge in [-0.2, -0.15) is 0 Å². The quantitative estimate of drug-likeness (QED) is 0.463. The highest BCUT2D eigenvalue weighted by Crippen LogP contribution is 2.27. The normalized spacial score (nSPS) is 10.4. The Balaban J connectivity index is 1.46.